The van der Waals surface area contributed by atoms with Crippen LogP contribution in [0.5, 0.6) is 6.01 Å². The molecule has 0 spiro atoms. The minimum Gasteiger partial charge on any atom is -0.461 e. The second kappa shape index (κ2) is 3.75. The highest BCUT2D eigenvalue weighted by atomic mass is 19.3. The molecule has 1 aromatic heterocycles. The molecule has 2 aliphatic rings. The second-order valence-corrected chi connectivity index (χ2v) is 5.03. The third-order valence-electron chi connectivity index (χ3n) is 4.14. The van der Waals surface area contributed by atoms with E-state index in [9.17, 15) is 13.6 Å². The molecule has 0 radical (unpaired) electrons. The summed E-state index contributed by atoms with van der Waals surface area (Å²) in [5.74, 6) is -4.01. The molecular weight excluding hydrogens is 258 g/mol. The number of nitrogens with zero attached hydrogens (tertiary/aromatic N) is 2. The Kier molecular flexibility index (Phi) is 2.47. The Balaban J connectivity index is 2.17. The van der Waals surface area contributed by atoms with Gasteiger partial charge in [0.25, 0.3) is 11.5 Å². The molecule has 1 fully saturated rings. The molecule has 3 rings (SSSR count). The van der Waals surface area contributed by atoms with Crippen LogP contribution in [-0.2, 0) is 4.74 Å². The molecule has 5 nitrogen and oxygen atoms in total. The predicted molar refractivity (Wildman–Crippen MR) is 61.2 cm³/mol. The smallest absolute Gasteiger partial charge is 0.302 e. The van der Waals surface area contributed by atoms with Gasteiger partial charge in [-0.15, -0.1) is 0 Å². The van der Waals surface area contributed by atoms with Crippen LogP contribution in [0.1, 0.15) is 26.5 Å². The maximum Gasteiger partial charge on any atom is 0.302 e. The second-order valence-electron chi connectivity index (χ2n) is 5.03. The molecule has 2 bridgehead atoms. The van der Waals surface area contributed by atoms with Gasteiger partial charge in [0.1, 0.15) is 12.2 Å². The Morgan fingerprint density at radius 1 is 1.58 bits per heavy atom. The van der Waals surface area contributed by atoms with Crippen molar-refractivity contribution in [2.45, 2.75) is 38.0 Å². The van der Waals surface area contributed by atoms with Gasteiger partial charge in [0.05, 0.1) is 5.92 Å². The zero-order chi connectivity index (χ0) is 13.8. The normalized spacial score (nSPS) is 35.4. The Hall–Kier alpha value is -1.50. The zero-order valence-electron chi connectivity index (χ0n) is 10.6. The van der Waals surface area contributed by atoms with Crippen LogP contribution in [0.2, 0.25) is 0 Å². The largest absolute Gasteiger partial charge is 0.461 e. The number of aromatic nitrogens is 2. The molecule has 0 N–H and O–H groups in total. The number of rotatable bonds is 1. The van der Waals surface area contributed by atoms with Gasteiger partial charge in [0.15, 0.2) is 0 Å². The number of hydrogen-bond donors (Lipinski definition) is 0. The number of fused-ring (bicyclic) bond motifs is 4. The highest BCUT2D eigenvalue weighted by Gasteiger charge is 2.65. The molecule has 0 aliphatic carbocycles. The SMILES string of the molecule is CC[C@]12COc3nc(=O)ccn3[C@H](O1)C(F)(F)[C@@H]2C. The van der Waals surface area contributed by atoms with Crippen molar-refractivity contribution in [3.8, 4) is 6.01 Å². The van der Waals surface area contributed by atoms with Crippen molar-refractivity contribution in [1.82, 2.24) is 9.55 Å². The Morgan fingerprint density at radius 3 is 3.00 bits per heavy atom. The first-order valence-corrected chi connectivity index (χ1v) is 6.18. The van der Waals surface area contributed by atoms with Crippen molar-refractivity contribution in [2.24, 2.45) is 5.92 Å². The van der Waals surface area contributed by atoms with E-state index in [1.807, 2.05) is 0 Å². The van der Waals surface area contributed by atoms with Gasteiger partial charge in [-0.2, -0.15) is 4.98 Å². The maximum atomic E-state index is 14.4. The van der Waals surface area contributed by atoms with Crippen molar-refractivity contribution in [2.75, 3.05) is 6.61 Å². The zero-order valence-corrected chi connectivity index (χ0v) is 10.6. The Morgan fingerprint density at radius 2 is 2.32 bits per heavy atom. The highest BCUT2D eigenvalue weighted by Crippen LogP contribution is 2.55. The lowest BCUT2D eigenvalue weighted by Crippen LogP contribution is -2.44. The van der Waals surface area contributed by atoms with Gasteiger partial charge in [-0.3, -0.25) is 9.36 Å². The summed E-state index contributed by atoms with van der Waals surface area (Å²) < 4.78 is 40.9. The number of ether oxygens (including phenoxy) is 2. The first-order valence-electron chi connectivity index (χ1n) is 6.18. The standard InChI is InChI=1S/C12H14F2N2O3/c1-3-11-6-18-10-15-8(17)4-5-16(10)9(19-11)12(13,14)7(11)2/h4-5,7,9H,3,6H2,1-2H3/t7-,9-,11-/m1/s1. The van der Waals surface area contributed by atoms with Crippen LogP contribution in [0.3, 0.4) is 0 Å². The molecule has 104 valence electrons. The lowest BCUT2D eigenvalue weighted by molar-refractivity contribution is -0.131. The van der Waals surface area contributed by atoms with Gasteiger partial charge in [-0.1, -0.05) is 13.8 Å². The average molecular weight is 272 g/mol. The summed E-state index contributed by atoms with van der Waals surface area (Å²) in [6.07, 6.45) is 0.166. The summed E-state index contributed by atoms with van der Waals surface area (Å²) in [5.41, 5.74) is -1.57. The van der Waals surface area contributed by atoms with E-state index in [1.54, 1.807) is 6.92 Å². The van der Waals surface area contributed by atoms with Crippen LogP contribution >= 0.6 is 0 Å². The minimum atomic E-state index is -3.04. The van der Waals surface area contributed by atoms with Crippen molar-refractivity contribution in [1.29, 1.82) is 0 Å². The summed E-state index contributed by atoms with van der Waals surface area (Å²) in [4.78, 5) is 14.8. The van der Waals surface area contributed by atoms with Crippen LogP contribution in [-0.4, -0.2) is 27.7 Å². The Bertz CT molecular complexity index is 574. The van der Waals surface area contributed by atoms with E-state index in [0.29, 0.717) is 6.42 Å². The minimum absolute atomic E-state index is 0.0345. The van der Waals surface area contributed by atoms with Gasteiger partial charge in [-0.05, 0) is 6.42 Å². The van der Waals surface area contributed by atoms with Gasteiger partial charge < -0.3 is 9.47 Å². The highest BCUT2D eigenvalue weighted by molar-refractivity contribution is 5.12. The number of hydrogen-bond acceptors (Lipinski definition) is 4. The van der Waals surface area contributed by atoms with Crippen LogP contribution in [0.15, 0.2) is 17.1 Å². The molecule has 1 saturated heterocycles. The number of alkyl halides is 2. The number of halogens is 2. The molecule has 2 aliphatic heterocycles. The van der Waals surface area contributed by atoms with Crippen molar-refractivity contribution < 1.29 is 18.3 Å². The third kappa shape index (κ3) is 1.54. The van der Waals surface area contributed by atoms with Crippen molar-refractivity contribution in [3.63, 3.8) is 0 Å². The van der Waals surface area contributed by atoms with E-state index in [1.165, 1.54) is 13.1 Å². The molecule has 0 unspecified atom stereocenters. The van der Waals surface area contributed by atoms with E-state index in [0.717, 1.165) is 10.6 Å². The monoisotopic (exact) mass is 272 g/mol. The molecule has 3 atom stereocenters. The van der Waals surface area contributed by atoms with Crippen LogP contribution in [0, 0.1) is 5.92 Å². The average Bonchev–Trinajstić information content (AvgIpc) is 2.53. The summed E-state index contributed by atoms with van der Waals surface area (Å²) in [7, 11) is 0. The first-order chi connectivity index (χ1) is 8.90. The fourth-order valence-electron chi connectivity index (χ4n) is 2.73. The fraction of sp³-hybridized carbons (Fsp3) is 0.667. The molecule has 7 heteroatoms. The lowest BCUT2D eigenvalue weighted by Gasteiger charge is -2.31. The van der Waals surface area contributed by atoms with Crippen molar-refractivity contribution >= 4 is 0 Å². The van der Waals surface area contributed by atoms with Crippen molar-refractivity contribution in [3.05, 3.63) is 22.6 Å². The Labute approximate surface area is 108 Å². The molecule has 3 heterocycles. The first kappa shape index (κ1) is 12.5. The van der Waals surface area contributed by atoms with Gasteiger partial charge >= 0.3 is 6.01 Å². The summed E-state index contributed by atoms with van der Waals surface area (Å²) in [6.45, 7) is 3.21. The molecule has 0 amide bonds. The quantitative estimate of drug-likeness (QED) is 0.779. The van der Waals surface area contributed by atoms with Gasteiger partial charge in [0.2, 0.25) is 6.23 Å². The molecule has 0 saturated carbocycles. The van der Waals surface area contributed by atoms with Crippen LogP contribution in [0.25, 0.3) is 0 Å². The summed E-state index contributed by atoms with van der Waals surface area (Å²) >= 11 is 0. The summed E-state index contributed by atoms with van der Waals surface area (Å²) in [6, 6.07) is 1.01. The predicted octanol–water partition coefficient (Wildman–Crippen LogP) is 1.58. The van der Waals surface area contributed by atoms with Gasteiger partial charge in [0, 0.05) is 12.3 Å². The van der Waals surface area contributed by atoms with Crippen LogP contribution in [0.4, 0.5) is 8.78 Å². The summed E-state index contributed by atoms with van der Waals surface area (Å²) in [5, 5.41) is 0. The lowest BCUT2D eigenvalue weighted by atomic mass is 9.84. The molecule has 1 aromatic rings. The molecule has 19 heavy (non-hydrogen) atoms. The van der Waals surface area contributed by atoms with Crippen LogP contribution < -0.4 is 10.3 Å². The molecule has 0 aromatic carbocycles. The van der Waals surface area contributed by atoms with Gasteiger partial charge in [-0.25, -0.2) is 8.78 Å². The molecular formula is C12H14F2N2O3. The third-order valence-corrected chi connectivity index (χ3v) is 4.14. The maximum absolute atomic E-state index is 14.4. The topological polar surface area (TPSA) is 53.3 Å². The van der Waals surface area contributed by atoms with E-state index < -0.39 is 29.2 Å². The van der Waals surface area contributed by atoms with E-state index in [2.05, 4.69) is 4.98 Å². The van der Waals surface area contributed by atoms with E-state index in [4.69, 9.17) is 9.47 Å². The van der Waals surface area contributed by atoms with E-state index in [-0.39, 0.29) is 12.6 Å². The fourth-order valence-corrected chi connectivity index (χ4v) is 2.73. The van der Waals surface area contributed by atoms with E-state index >= 15 is 0 Å².